The molecular weight excluding hydrogens is 1810 g/mol. The molecule has 5 aromatic carbocycles. The Bertz CT molecular complexity index is 7230. The number of fused-ring (bicyclic) bond motifs is 4. The first-order valence-corrected chi connectivity index (χ1v) is 50.2. The minimum absolute atomic E-state index is 0.0542. The Labute approximate surface area is 814 Å². The van der Waals surface area contributed by atoms with Gasteiger partial charge in [0.05, 0.1) is 64.3 Å². The number of nitrogens with one attached hydrogen (secondary N) is 8. The molecule has 0 saturated carbocycles. The Morgan fingerprint density at radius 1 is 0.333 bits per heavy atom. The number of aromatic amines is 4. The van der Waals surface area contributed by atoms with Crippen molar-refractivity contribution in [3.8, 4) is 50.3 Å². The van der Waals surface area contributed by atoms with Gasteiger partial charge in [-0.05, 0) is 288 Å². The number of rotatable bonds is 23. The number of phenols is 1. The molecule has 6 aliphatic rings. The predicted octanol–water partition coefficient (Wildman–Crippen LogP) is 18.2. The van der Waals surface area contributed by atoms with Crippen LogP contribution in [0.2, 0.25) is 0 Å². The zero-order valence-corrected chi connectivity index (χ0v) is 79.3. The molecule has 0 spiro atoms. The lowest BCUT2D eigenvalue weighted by Crippen LogP contribution is -2.30. The number of amides is 4. The van der Waals surface area contributed by atoms with E-state index in [1.165, 1.54) is 137 Å². The lowest BCUT2D eigenvalue weighted by atomic mass is 10.0. The van der Waals surface area contributed by atoms with Crippen molar-refractivity contribution < 1.29 is 41.5 Å². The summed E-state index contributed by atoms with van der Waals surface area (Å²) in [7, 11) is -3.41. The van der Waals surface area contributed by atoms with Gasteiger partial charge in [-0.1, -0.05) is 43.5 Å². The van der Waals surface area contributed by atoms with E-state index in [9.17, 15) is 41.5 Å². The number of phenolic OH excluding ortho intramolecular Hbond substituents is 1. The summed E-state index contributed by atoms with van der Waals surface area (Å²) in [5.41, 5.74) is 18.7. The highest BCUT2D eigenvalue weighted by atomic mass is 32.2. The molecule has 32 nitrogen and oxygen atoms in total. The number of pyridine rings is 7. The number of piperidine rings is 4. The molecule has 0 bridgehead atoms. The van der Waals surface area contributed by atoms with Crippen molar-refractivity contribution in [2.24, 2.45) is 0 Å². The molecule has 6 fully saturated rings. The number of aromatic hydroxyl groups is 1. The number of sulfone groups is 1. The normalized spacial score (nSPS) is 15.9. The van der Waals surface area contributed by atoms with E-state index in [-0.39, 0.29) is 52.9 Å². The number of H-pyrrole nitrogens is 4. The van der Waals surface area contributed by atoms with Crippen LogP contribution in [0.3, 0.4) is 0 Å². The lowest BCUT2D eigenvalue weighted by molar-refractivity contribution is 0.0114. The molecule has 9 N–H and O–H groups in total. The summed E-state index contributed by atoms with van der Waals surface area (Å²) in [5, 5.41) is 52.4. The number of halogens is 2. The number of carbonyl (C=O) groups is 4. The highest BCUT2D eigenvalue weighted by Gasteiger charge is 2.38. The van der Waals surface area contributed by atoms with E-state index >= 15 is 0 Å². The van der Waals surface area contributed by atoms with Crippen molar-refractivity contribution in [3.63, 3.8) is 0 Å². The second kappa shape index (κ2) is 43.6. The van der Waals surface area contributed by atoms with Crippen LogP contribution < -0.4 is 31.1 Å². The van der Waals surface area contributed by atoms with Gasteiger partial charge in [0.15, 0.2) is 37.6 Å². The van der Waals surface area contributed by atoms with E-state index in [0.717, 1.165) is 186 Å². The second-order valence-corrected chi connectivity index (χ2v) is 39.0. The standard InChI is InChI=1S/C29H33N7O.C27H27F2N7O.C25H26N6O3S.C25H25N5O2/c37-29(32-24-8-10-27(31-19-24)36-13-5-2-6-14-36)28-25-16-22(7-9-26(25)33-34-28)23-15-21(17-30-18-23)20-35-11-3-1-4-12-35;28-27(29)7-10-35(17-27)16-18-11-20(14-30-13-18)19-3-5-23-22(12-19)25(34-33-23)26(37)32-21-4-6-24(31-15-21)36-8-1-2-9-36;1-35(33,34)23-8-6-20(15-27-23)28-25(32)24-21-12-18(5-7-22(21)29-30-24)19-11-17(13-26-14-19)16-31-9-3-2-4-10-31;31-21-7-5-20(6-8-21)27-25(32)24-22-13-18(4-9-23(22)28-29-24)19-12-17(14-26-15-19)16-30-10-2-1-3-11-30/h7-10,15-19H,1-6,11-14,20H2,(H,32,37)(H,33,34);3-6,11-15H,1-2,7-10,16-17H2,(H,32,37)(H,33,34);5-8,11-15H,2-4,9-10,16H2,1H3,(H,28,32)(H,29,30);4-9,12-15,31H,1-3,10-11,16H2,(H,27,32)(H,28,29). The number of hydrogen-bond donors (Lipinski definition) is 9. The Kier molecular flexibility index (Phi) is 29.3. The van der Waals surface area contributed by atoms with Crippen molar-refractivity contribution in [1.29, 1.82) is 0 Å². The minimum Gasteiger partial charge on any atom is -0.508 e. The summed E-state index contributed by atoms with van der Waals surface area (Å²) in [6.45, 7) is 14.2. The number of aromatic nitrogens is 15. The van der Waals surface area contributed by atoms with Gasteiger partial charge in [-0.15, -0.1) is 0 Å². The molecule has 0 aliphatic carbocycles. The Morgan fingerprint density at radius 2 is 0.631 bits per heavy atom. The number of hydrogen-bond acceptors (Lipinski definition) is 24. The molecule has 6 aliphatic heterocycles. The largest absolute Gasteiger partial charge is 0.508 e. The van der Waals surface area contributed by atoms with Gasteiger partial charge in [-0.3, -0.25) is 79.1 Å². The maximum atomic E-state index is 13.6. The van der Waals surface area contributed by atoms with Gasteiger partial charge in [-0.25, -0.2) is 32.2 Å². The highest BCUT2D eigenvalue weighted by Crippen LogP contribution is 2.36. The fraction of sp³-hybridized carbons (Fsp3) is 0.311. The molecule has 0 unspecified atom stereocenters. The molecule has 35 heteroatoms. The summed E-state index contributed by atoms with van der Waals surface area (Å²) in [4.78, 5) is 96.4. The maximum absolute atomic E-state index is 13.6. The number of nitrogens with zero attached hydrogens (tertiary/aromatic N) is 17. The number of anilines is 6. The average Bonchev–Trinajstić information content (AvgIpc) is 1.19. The summed E-state index contributed by atoms with van der Waals surface area (Å²) in [6, 6.07) is 48.8. The molecule has 11 aromatic heterocycles. The first-order valence-electron chi connectivity index (χ1n) is 48.3. The number of benzene rings is 5. The maximum Gasteiger partial charge on any atom is 0.276 e. The highest BCUT2D eigenvalue weighted by molar-refractivity contribution is 7.90. The topological polar surface area (TPSA) is 395 Å². The average molecular weight is 1920 g/mol. The summed E-state index contributed by atoms with van der Waals surface area (Å²) < 4.78 is 50.4. The first-order chi connectivity index (χ1) is 68.7. The van der Waals surface area contributed by atoms with Gasteiger partial charge in [0.25, 0.3) is 29.6 Å². The Hall–Kier alpha value is -15.0. The van der Waals surface area contributed by atoms with E-state index in [1.54, 1.807) is 41.8 Å². The number of likely N-dealkylation sites (tertiary alicyclic amines) is 4. The molecule has 6 saturated heterocycles. The van der Waals surface area contributed by atoms with Gasteiger partial charge in [0, 0.05) is 171 Å². The van der Waals surface area contributed by atoms with Crippen LogP contribution in [0.4, 0.5) is 43.2 Å². The molecular formula is C106H111F2N25O7S. The third-order valence-corrected chi connectivity index (χ3v) is 27.5. The van der Waals surface area contributed by atoms with Crippen LogP contribution >= 0.6 is 0 Å². The first kappa shape index (κ1) is 94.9. The predicted molar refractivity (Wildman–Crippen MR) is 543 cm³/mol. The zero-order chi connectivity index (χ0) is 96.8. The van der Waals surface area contributed by atoms with Gasteiger partial charge in [0.1, 0.15) is 17.4 Å². The third kappa shape index (κ3) is 23.9. The second-order valence-electron chi connectivity index (χ2n) is 37.1. The minimum atomic E-state index is -3.41. The van der Waals surface area contributed by atoms with Crippen LogP contribution in [0.1, 0.15) is 161 Å². The van der Waals surface area contributed by atoms with E-state index in [2.05, 4.69) is 140 Å². The van der Waals surface area contributed by atoms with Crippen molar-refractivity contribution in [2.45, 2.75) is 133 Å². The van der Waals surface area contributed by atoms with Crippen molar-refractivity contribution in [2.75, 3.05) is 116 Å². The van der Waals surface area contributed by atoms with Gasteiger partial charge in [-0.2, -0.15) is 20.4 Å². The van der Waals surface area contributed by atoms with Crippen LogP contribution in [0.5, 0.6) is 5.75 Å². The van der Waals surface area contributed by atoms with Crippen LogP contribution in [0.25, 0.3) is 88.1 Å². The SMILES string of the molecule is CS(=O)(=O)c1ccc(NC(=O)c2n[nH]c3ccc(-c4cncc(CN5CCCCC5)c4)cc23)cn1.O=C(Nc1ccc(N2CCCC2)nc1)c1n[nH]c2ccc(-c3cncc(CN4CCC(F)(F)C4)c3)cc12.O=C(Nc1ccc(N2CCCCC2)nc1)c1n[nH]c2ccc(-c3cncc(CN4CCCCC4)c3)cc12.O=C(Nc1ccc(O)cc1)c1n[nH]c2ccc(-c3cncc(CN4CCCCC4)c3)cc12. The van der Waals surface area contributed by atoms with Crippen molar-refractivity contribution >= 4 is 111 Å². The van der Waals surface area contributed by atoms with Crippen LogP contribution in [-0.2, 0) is 36.0 Å². The van der Waals surface area contributed by atoms with E-state index < -0.39 is 21.7 Å². The summed E-state index contributed by atoms with van der Waals surface area (Å²) >= 11 is 0. The van der Waals surface area contributed by atoms with Gasteiger partial charge < -0.3 is 36.2 Å². The fourth-order valence-corrected chi connectivity index (χ4v) is 19.6. The van der Waals surface area contributed by atoms with E-state index in [1.807, 2.05) is 140 Å². The molecule has 16 aromatic rings. The van der Waals surface area contributed by atoms with E-state index in [0.29, 0.717) is 58.0 Å². The Balaban J connectivity index is 0.000000120. The van der Waals surface area contributed by atoms with Gasteiger partial charge in [0.2, 0.25) is 0 Å². The van der Waals surface area contributed by atoms with Crippen molar-refractivity contribution in [3.05, 3.63) is 271 Å². The lowest BCUT2D eigenvalue weighted by Gasteiger charge is -2.27. The fourth-order valence-electron chi connectivity index (χ4n) is 19.1. The quantitative estimate of drug-likeness (QED) is 0.0269. The van der Waals surface area contributed by atoms with Crippen LogP contribution in [0.15, 0.2) is 231 Å². The molecule has 0 radical (unpaired) electrons. The molecule has 141 heavy (non-hydrogen) atoms. The third-order valence-electron chi connectivity index (χ3n) is 26.5. The molecule has 22 rings (SSSR count). The van der Waals surface area contributed by atoms with E-state index in [4.69, 9.17) is 0 Å². The van der Waals surface area contributed by atoms with Gasteiger partial charge >= 0.3 is 0 Å². The summed E-state index contributed by atoms with van der Waals surface area (Å²) in [6.07, 6.45) is 38.0. The molecule has 17 heterocycles. The summed E-state index contributed by atoms with van der Waals surface area (Å²) in [5.74, 6) is -1.91. The Morgan fingerprint density at radius 3 is 0.929 bits per heavy atom. The van der Waals surface area contributed by atoms with Crippen molar-refractivity contribution in [1.82, 2.24) is 95.3 Å². The van der Waals surface area contributed by atoms with Crippen LogP contribution in [-0.4, -0.2) is 223 Å². The number of alkyl halides is 2. The van der Waals surface area contributed by atoms with Crippen LogP contribution in [0, 0.1) is 0 Å². The zero-order valence-electron chi connectivity index (χ0n) is 78.4. The molecule has 4 amide bonds. The molecule has 722 valence electrons. The monoisotopic (exact) mass is 1920 g/mol. The smallest absolute Gasteiger partial charge is 0.276 e. The molecule has 0 atom stereocenters. The number of carbonyl (C=O) groups excluding carboxylic acids is 4.